The first-order valence-corrected chi connectivity index (χ1v) is 7.79. The minimum atomic E-state index is -3.63. The Bertz CT molecular complexity index is 533. The van der Waals surface area contributed by atoms with Crippen molar-refractivity contribution in [3.8, 4) is 0 Å². The molecule has 1 saturated heterocycles. The predicted molar refractivity (Wildman–Crippen MR) is 72.9 cm³/mol. The molecule has 0 bridgehead atoms. The number of aryl methyl sites for hydroxylation is 1. The van der Waals surface area contributed by atoms with Crippen LogP contribution in [0.25, 0.3) is 0 Å². The Kier molecular flexibility index (Phi) is 4.38. The van der Waals surface area contributed by atoms with Gasteiger partial charge in [-0.3, -0.25) is 9.71 Å². The van der Waals surface area contributed by atoms with Crippen molar-refractivity contribution in [3.05, 3.63) is 24.0 Å². The highest BCUT2D eigenvalue weighted by Crippen LogP contribution is 2.21. The lowest BCUT2D eigenvalue weighted by Crippen LogP contribution is -2.47. The zero-order valence-corrected chi connectivity index (χ0v) is 11.7. The van der Waals surface area contributed by atoms with E-state index in [1.54, 1.807) is 12.3 Å². The third-order valence-corrected chi connectivity index (χ3v) is 4.81. The molecule has 1 fully saturated rings. The van der Waals surface area contributed by atoms with Gasteiger partial charge in [0, 0.05) is 18.8 Å². The topological polar surface area (TPSA) is 82.5 Å². The van der Waals surface area contributed by atoms with Gasteiger partial charge in [-0.1, -0.05) is 6.42 Å². The number of hydrogen-bond donors (Lipinski definition) is 2. The van der Waals surface area contributed by atoms with Crippen molar-refractivity contribution in [1.29, 1.82) is 0 Å². The van der Waals surface area contributed by atoms with E-state index >= 15 is 0 Å². The lowest BCUT2D eigenvalue weighted by molar-refractivity contribution is 0.156. The smallest absolute Gasteiger partial charge is 0.302 e. The van der Waals surface area contributed by atoms with Crippen molar-refractivity contribution in [2.75, 3.05) is 17.9 Å². The van der Waals surface area contributed by atoms with Gasteiger partial charge >= 0.3 is 10.2 Å². The summed E-state index contributed by atoms with van der Waals surface area (Å²) in [6.45, 7) is 2.15. The Hall–Kier alpha value is -1.18. The number of anilines is 1. The Morgan fingerprint density at radius 3 is 2.95 bits per heavy atom. The Balaban J connectivity index is 2.17. The molecular weight excluding hydrogens is 266 g/mol. The quantitative estimate of drug-likeness (QED) is 0.861. The first-order valence-electron chi connectivity index (χ1n) is 6.35. The van der Waals surface area contributed by atoms with Crippen molar-refractivity contribution in [2.24, 2.45) is 0 Å². The van der Waals surface area contributed by atoms with Crippen LogP contribution in [0.3, 0.4) is 0 Å². The molecule has 6 nitrogen and oxygen atoms in total. The van der Waals surface area contributed by atoms with Crippen LogP contribution in [0, 0.1) is 6.92 Å². The minimum Gasteiger partial charge on any atom is -0.395 e. The van der Waals surface area contributed by atoms with Crippen molar-refractivity contribution in [2.45, 2.75) is 32.2 Å². The zero-order chi connectivity index (χ0) is 13.9. The lowest BCUT2D eigenvalue weighted by atomic mass is 10.1. The summed E-state index contributed by atoms with van der Waals surface area (Å²) < 4.78 is 28.5. The standard InChI is InChI=1S/C12H19N3O3S/c1-10-6-11(8-13-7-10)14-19(17,18)15-5-3-2-4-12(15)9-16/h6-8,12,14,16H,2-5,9H2,1H3. The summed E-state index contributed by atoms with van der Waals surface area (Å²) in [4.78, 5) is 3.96. The molecule has 1 aromatic rings. The van der Waals surface area contributed by atoms with Gasteiger partial charge in [-0.2, -0.15) is 12.7 Å². The van der Waals surface area contributed by atoms with Crippen molar-refractivity contribution < 1.29 is 13.5 Å². The zero-order valence-electron chi connectivity index (χ0n) is 10.9. The van der Waals surface area contributed by atoms with Crippen LogP contribution >= 0.6 is 0 Å². The molecule has 2 rings (SSSR count). The largest absolute Gasteiger partial charge is 0.395 e. The second kappa shape index (κ2) is 5.85. The Morgan fingerprint density at radius 1 is 1.47 bits per heavy atom. The number of aromatic nitrogens is 1. The van der Waals surface area contributed by atoms with Crippen LogP contribution in [0.5, 0.6) is 0 Å². The van der Waals surface area contributed by atoms with E-state index in [-0.39, 0.29) is 12.6 Å². The number of rotatable bonds is 4. The first kappa shape index (κ1) is 14.2. The molecule has 2 heterocycles. The summed E-state index contributed by atoms with van der Waals surface area (Å²) in [5.41, 5.74) is 1.33. The lowest BCUT2D eigenvalue weighted by Gasteiger charge is -2.33. The van der Waals surface area contributed by atoms with Crippen molar-refractivity contribution >= 4 is 15.9 Å². The molecule has 0 radical (unpaired) electrons. The Labute approximate surface area is 113 Å². The fourth-order valence-electron chi connectivity index (χ4n) is 2.29. The summed E-state index contributed by atoms with van der Waals surface area (Å²) in [5, 5.41) is 9.29. The molecule has 1 aromatic heterocycles. The highest BCUT2D eigenvalue weighted by molar-refractivity contribution is 7.90. The minimum absolute atomic E-state index is 0.146. The number of nitrogens with zero attached hydrogens (tertiary/aromatic N) is 2. The predicted octanol–water partition coefficient (Wildman–Crippen LogP) is 0.894. The molecule has 0 aliphatic carbocycles. The molecule has 0 spiro atoms. The van der Waals surface area contributed by atoms with Crippen molar-refractivity contribution in [3.63, 3.8) is 0 Å². The number of piperidine rings is 1. The fourth-order valence-corrected chi connectivity index (χ4v) is 3.75. The number of nitrogens with one attached hydrogen (secondary N) is 1. The average molecular weight is 285 g/mol. The monoisotopic (exact) mass is 285 g/mol. The molecule has 7 heteroatoms. The van der Waals surface area contributed by atoms with Gasteiger partial charge in [0.2, 0.25) is 0 Å². The highest BCUT2D eigenvalue weighted by atomic mass is 32.2. The van der Waals surface area contributed by atoms with Crippen molar-refractivity contribution in [1.82, 2.24) is 9.29 Å². The first-order chi connectivity index (χ1) is 9.03. The van der Waals surface area contributed by atoms with Gasteiger partial charge in [0.15, 0.2) is 0 Å². The summed E-state index contributed by atoms with van der Waals surface area (Å²) in [6, 6.07) is 1.40. The van der Waals surface area contributed by atoms with Crippen LogP contribution in [-0.2, 0) is 10.2 Å². The maximum atomic E-state index is 12.3. The molecule has 1 aliphatic heterocycles. The van der Waals surface area contributed by atoms with Crippen LogP contribution < -0.4 is 4.72 Å². The van der Waals surface area contributed by atoms with E-state index in [9.17, 15) is 13.5 Å². The van der Waals surface area contributed by atoms with Gasteiger partial charge in [0.05, 0.1) is 18.5 Å². The summed E-state index contributed by atoms with van der Waals surface area (Å²) >= 11 is 0. The number of pyridine rings is 1. The van der Waals surface area contributed by atoms with E-state index in [0.29, 0.717) is 18.7 Å². The van der Waals surface area contributed by atoms with E-state index in [0.717, 1.165) is 18.4 Å². The van der Waals surface area contributed by atoms with Gasteiger partial charge in [-0.15, -0.1) is 0 Å². The summed E-state index contributed by atoms with van der Waals surface area (Å²) in [7, 11) is -3.63. The molecular formula is C12H19N3O3S. The van der Waals surface area contributed by atoms with E-state index in [1.807, 2.05) is 6.92 Å². The van der Waals surface area contributed by atoms with Crippen LogP contribution in [0.15, 0.2) is 18.5 Å². The van der Waals surface area contributed by atoms with Crippen LogP contribution in [0.1, 0.15) is 24.8 Å². The van der Waals surface area contributed by atoms with Gasteiger partial charge in [0.25, 0.3) is 0 Å². The van der Waals surface area contributed by atoms with E-state index in [2.05, 4.69) is 9.71 Å². The van der Waals surface area contributed by atoms with Gasteiger partial charge < -0.3 is 5.11 Å². The molecule has 1 atom stereocenters. The molecule has 1 aliphatic rings. The molecule has 19 heavy (non-hydrogen) atoms. The van der Waals surface area contributed by atoms with Crippen LogP contribution in [0.4, 0.5) is 5.69 Å². The number of aliphatic hydroxyl groups excluding tert-OH is 1. The number of hydrogen-bond acceptors (Lipinski definition) is 4. The SMILES string of the molecule is Cc1cncc(NS(=O)(=O)N2CCCCC2CO)c1. The second-order valence-corrected chi connectivity index (χ2v) is 6.42. The molecule has 0 saturated carbocycles. The average Bonchev–Trinajstić information content (AvgIpc) is 2.38. The third kappa shape index (κ3) is 3.43. The van der Waals surface area contributed by atoms with E-state index in [1.165, 1.54) is 10.5 Å². The highest BCUT2D eigenvalue weighted by Gasteiger charge is 2.31. The van der Waals surface area contributed by atoms with Crippen LogP contribution in [-0.4, -0.2) is 42.0 Å². The molecule has 2 N–H and O–H groups in total. The Morgan fingerprint density at radius 2 is 2.26 bits per heavy atom. The van der Waals surface area contributed by atoms with Gasteiger partial charge in [0.1, 0.15) is 0 Å². The van der Waals surface area contributed by atoms with Crippen LogP contribution in [0.2, 0.25) is 0 Å². The maximum Gasteiger partial charge on any atom is 0.302 e. The maximum absolute atomic E-state index is 12.3. The van der Waals surface area contributed by atoms with E-state index < -0.39 is 10.2 Å². The summed E-state index contributed by atoms with van der Waals surface area (Å²) in [5.74, 6) is 0. The third-order valence-electron chi connectivity index (χ3n) is 3.21. The molecule has 0 aromatic carbocycles. The summed E-state index contributed by atoms with van der Waals surface area (Å²) in [6.07, 6.45) is 5.61. The van der Waals surface area contributed by atoms with Gasteiger partial charge in [-0.25, -0.2) is 0 Å². The van der Waals surface area contributed by atoms with Gasteiger partial charge in [-0.05, 0) is 31.4 Å². The molecule has 106 valence electrons. The second-order valence-electron chi connectivity index (χ2n) is 4.80. The number of aliphatic hydroxyl groups is 1. The van der Waals surface area contributed by atoms with E-state index in [4.69, 9.17) is 0 Å². The fraction of sp³-hybridized carbons (Fsp3) is 0.583. The molecule has 1 unspecified atom stereocenters. The molecule has 0 amide bonds. The normalized spacial score (nSPS) is 21.3.